The number of nitrogen functional groups attached to an aromatic ring is 1. The fourth-order valence-electron chi connectivity index (χ4n) is 5.09. The minimum Gasteiger partial charge on any atom is -0.382 e. The van der Waals surface area contributed by atoms with Crippen LogP contribution in [0.3, 0.4) is 0 Å². The molecule has 0 aromatic carbocycles. The number of nitrogens with zero attached hydrogens (tertiary/aromatic N) is 9. The number of fused-ring (bicyclic) bond motifs is 5. The molecule has 0 spiro atoms. The summed E-state index contributed by atoms with van der Waals surface area (Å²) in [7, 11) is 0. The van der Waals surface area contributed by atoms with Gasteiger partial charge in [-0.3, -0.25) is 20.0 Å². The molecule has 3 saturated heterocycles. The van der Waals surface area contributed by atoms with Crippen LogP contribution < -0.4 is 11.1 Å². The van der Waals surface area contributed by atoms with Crippen molar-refractivity contribution in [3.05, 3.63) is 6.33 Å². The van der Waals surface area contributed by atoms with E-state index in [2.05, 4.69) is 40.9 Å². The maximum Gasteiger partial charge on any atom is 0.325 e. The molecular weight excluding hydrogens is 673 g/mol. The largest absolute Gasteiger partial charge is 0.382 e. The lowest BCUT2D eigenvalue weighted by Crippen LogP contribution is -2.52. The van der Waals surface area contributed by atoms with Crippen LogP contribution in [0.5, 0.6) is 0 Å². The number of anilines is 1. The summed E-state index contributed by atoms with van der Waals surface area (Å²) in [5.41, 5.74) is 5.97. The molecule has 2 bridgehead atoms. The number of nitrogens with two attached hydrogens (primary N) is 1. The Balaban J connectivity index is 1.15. The van der Waals surface area contributed by atoms with Gasteiger partial charge >= 0.3 is 13.4 Å². The fraction of sp³-hybridized carbons (Fsp3) is 0.611. The number of rotatable bonds is 2. The zero-order valence-corrected chi connectivity index (χ0v) is 25.2. The van der Waals surface area contributed by atoms with Crippen molar-refractivity contribution in [3.8, 4) is 0 Å². The average molecular weight is 695 g/mol. The van der Waals surface area contributed by atoms with Crippen molar-refractivity contribution >= 4 is 71.7 Å². The Morgan fingerprint density at radius 3 is 2.70 bits per heavy atom. The third-order valence-electron chi connectivity index (χ3n) is 6.99. The first-order valence-electron chi connectivity index (χ1n) is 12.6. The van der Waals surface area contributed by atoms with E-state index in [0.717, 1.165) is 16.0 Å². The minimum absolute atomic E-state index is 0.00680. The fourth-order valence-corrected chi connectivity index (χ4v) is 7.99. The molecule has 236 valence electrons. The molecule has 10 atom stereocenters. The zero-order chi connectivity index (χ0) is 31.0. The number of alkyl halides is 1. The van der Waals surface area contributed by atoms with Crippen molar-refractivity contribution in [2.45, 2.75) is 55.5 Å². The highest BCUT2D eigenvalue weighted by molar-refractivity contribution is 8.07. The Hall–Kier alpha value is -2.60. The van der Waals surface area contributed by atoms with E-state index in [1.165, 1.54) is 0 Å². The Bertz CT molecular complexity index is 1700. The monoisotopic (exact) mass is 694 g/mol. The van der Waals surface area contributed by atoms with Crippen LogP contribution >= 0.6 is 13.4 Å². The van der Waals surface area contributed by atoms with E-state index < -0.39 is 81.0 Å². The van der Waals surface area contributed by atoms with Crippen LogP contribution in [0.15, 0.2) is 21.7 Å². The van der Waals surface area contributed by atoms with Gasteiger partial charge in [-0.1, -0.05) is 10.4 Å². The van der Waals surface area contributed by atoms with Gasteiger partial charge in [-0.25, -0.2) is 14.4 Å². The third-order valence-corrected chi connectivity index (χ3v) is 10.1. The topological polar surface area (TPSA) is 272 Å². The SMILES string of the molecule is N=C1N=C2C(N=NN2[C@@H]2O[C@@H]3COP(O)(=S)O[C@H]4[C@H](F)[C@H](n5nnc6c(N)ncnc65)O[C@@H]4COP(O)(=S)O[C@@H]2C3)C(=O)N1. The van der Waals surface area contributed by atoms with Crippen molar-refractivity contribution in [1.82, 2.24) is 35.3 Å². The molecule has 5 aliphatic heterocycles. The van der Waals surface area contributed by atoms with Gasteiger partial charge in [0, 0.05) is 6.42 Å². The first-order chi connectivity index (χ1) is 20.9. The van der Waals surface area contributed by atoms with Crippen molar-refractivity contribution < 1.29 is 46.5 Å². The van der Waals surface area contributed by atoms with E-state index in [4.69, 9.17) is 62.3 Å². The Morgan fingerprint density at radius 2 is 1.89 bits per heavy atom. The molecule has 0 saturated carbocycles. The van der Waals surface area contributed by atoms with Gasteiger partial charge in [-0.15, -0.1) is 10.2 Å². The highest BCUT2D eigenvalue weighted by Crippen LogP contribution is 2.53. The lowest BCUT2D eigenvalue weighted by molar-refractivity contribution is -0.119. The molecule has 21 nitrogen and oxygen atoms in total. The second-order valence-corrected chi connectivity index (χ2v) is 15.4. The molecular formula is C18H21FN12O9P2S2. The Kier molecular flexibility index (Phi) is 7.54. The van der Waals surface area contributed by atoms with Gasteiger partial charge in [0.05, 0.1) is 19.3 Å². The summed E-state index contributed by atoms with van der Waals surface area (Å²) in [6.45, 7) is -9.22. The van der Waals surface area contributed by atoms with Gasteiger partial charge in [0.2, 0.25) is 12.0 Å². The molecule has 44 heavy (non-hydrogen) atoms. The summed E-state index contributed by atoms with van der Waals surface area (Å²) in [6, 6.07) is -1.14. The number of amidine groups is 1. The third kappa shape index (κ3) is 5.43. The van der Waals surface area contributed by atoms with Gasteiger partial charge in [-0.2, -0.15) is 14.7 Å². The van der Waals surface area contributed by atoms with Crippen LogP contribution in [0, 0.1) is 5.41 Å². The zero-order valence-electron chi connectivity index (χ0n) is 21.8. The van der Waals surface area contributed by atoms with Crippen molar-refractivity contribution in [2.24, 2.45) is 15.3 Å². The number of aromatic nitrogens is 5. The van der Waals surface area contributed by atoms with E-state index in [9.17, 15) is 14.6 Å². The maximum atomic E-state index is 15.9. The standard InChI is InChI=1S/C18H21FN12O9P2S2/c19-8-11-7(38-17(8)30-13-9(26-28-30)12(20)22-4-23-13)3-36-41(33,43)39-6-1-5(2-35-42(34,44)40-11)37-16(6)31-14-10(27-29-31)15(32)25-18(21)24-14/h4-8,10-11,16-17H,1-3H2,(H,33,43)(H,34,44)(H2,20,22,23)(H2,21,25,32)/t5-,6+,7+,8-,10?,11+,16+,17+,41?,42?/m0/s1. The van der Waals surface area contributed by atoms with Gasteiger partial charge in [-0.05, 0) is 23.6 Å². The summed E-state index contributed by atoms with van der Waals surface area (Å²) < 4.78 is 51.2. The summed E-state index contributed by atoms with van der Waals surface area (Å²) >= 11 is 10.4. The van der Waals surface area contributed by atoms with Gasteiger partial charge in [0.15, 0.2) is 41.4 Å². The maximum absolute atomic E-state index is 15.9. The quantitative estimate of drug-likeness (QED) is 0.234. The predicted molar refractivity (Wildman–Crippen MR) is 148 cm³/mol. The molecule has 0 aliphatic carbocycles. The number of aliphatic imine (C=N–C) groups is 1. The van der Waals surface area contributed by atoms with Crippen LogP contribution in [0.25, 0.3) is 11.2 Å². The second kappa shape index (κ2) is 11.0. The molecule has 2 aromatic rings. The molecule has 3 unspecified atom stereocenters. The lowest BCUT2D eigenvalue weighted by atomic mass is 10.1. The molecule has 5 aliphatic rings. The predicted octanol–water partition coefficient (Wildman–Crippen LogP) is -1.08. The number of guanidine groups is 1. The van der Waals surface area contributed by atoms with Gasteiger partial charge in [0.25, 0.3) is 5.91 Å². The molecule has 2 aromatic heterocycles. The highest BCUT2D eigenvalue weighted by Gasteiger charge is 2.53. The van der Waals surface area contributed by atoms with Crippen LogP contribution in [-0.2, 0) is 56.0 Å². The van der Waals surface area contributed by atoms with Crippen LogP contribution in [-0.4, -0.2) is 114 Å². The Morgan fingerprint density at radius 1 is 1.11 bits per heavy atom. The van der Waals surface area contributed by atoms with E-state index in [0.29, 0.717) is 0 Å². The normalized spacial score (nSPS) is 41.0. The molecule has 6 N–H and O–H groups in total. The number of ether oxygens (including phenoxy) is 2. The van der Waals surface area contributed by atoms with E-state index in [1.54, 1.807) is 0 Å². The average Bonchev–Trinajstić information content (AvgIpc) is 3.72. The van der Waals surface area contributed by atoms with E-state index >= 15 is 4.39 Å². The summed E-state index contributed by atoms with van der Waals surface area (Å²) in [5.74, 6) is -1.07. The lowest BCUT2D eigenvalue weighted by Gasteiger charge is -2.30. The summed E-state index contributed by atoms with van der Waals surface area (Å²) in [5, 5.41) is 26.7. The molecule has 1 amide bonds. The number of carbonyl (C=O) groups excluding carboxylic acids is 1. The molecule has 3 fully saturated rings. The van der Waals surface area contributed by atoms with Crippen LogP contribution in [0.1, 0.15) is 12.6 Å². The van der Waals surface area contributed by atoms with Crippen molar-refractivity contribution in [1.29, 1.82) is 5.41 Å². The van der Waals surface area contributed by atoms with E-state index in [-0.39, 0.29) is 35.8 Å². The van der Waals surface area contributed by atoms with Gasteiger partial charge < -0.3 is 38.6 Å². The minimum atomic E-state index is -4.16. The number of amides is 1. The number of hydrogen-bond donors (Lipinski definition) is 5. The number of hydrogen-bond acceptors (Lipinski definition) is 18. The highest BCUT2D eigenvalue weighted by atomic mass is 32.5. The van der Waals surface area contributed by atoms with Crippen molar-refractivity contribution in [2.75, 3.05) is 18.9 Å². The molecule has 7 rings (SSSR count). The number of nitrogens with one attached hydrogen (secondary N) is 2. The number of carbonyl (C=O) groups is 1. The first-order valence-corrected chi connectivity index (χ1v) is 17.8. The molecule has 7 heterocycles. The van der Waals surface area contributed by atoms with Gasteiger partial charge in [0.1, 0.15) is 24.6 Å². The van der Waals surface area contributed by atoms with Crippen LogP contribution in [0.2, 0.25) is 0 Å². The summed E-state index contributed by atoms with van der Waals surface area (Å²) in [4.78, 5) is 46.1. The molecule has 0 radical (unpaired) electrons. The smallest absolute Gasteiger partial charge is 0.325 e. The van der Waals surface area contributed by atoms with Crippen molar-refractivity contribution in [3.63, 3.8) is 0 Å². The second-order valence-electron chi connectivity index (χ2n) is 9.86. The Labute approximate surface area is 254 Å². The van der Waals surface area contributed by atoms with Crippen LogP contribution in [0.4, 0.5) is 10.2 Å². The number of halogens is 1. The van der Waals surface area contributed by atoms with E-state index in [1.807, 2.05) is 0 Å². The molecule has 26 heteroatoms. The first kappa shape index (κ1) is 30.1. The summed E-state index contributed by atoms with van der Waals surface area (Å²) in [6.07, 6.45) is -8.36.